The first-order valence-corrected chi connectivity index (χ1v) is 10.9. The molecule has 0 unspecified atom stereocenters. The van der Waals surface area contributed by atoms with Gasteiger partial charge in [0.2, 0.25) is 0 Å². The summed E-state index contributed by atoms with van der Waals surface area (Å²) in [4.78, 5) is 2.47. The summed E-state index contributed by atoms with van der Waals surface area (Å²) >= 11 is 6.48. The summed E-state index contributed by atoms with van der Waals surface area (Å²) in [6, 6.07) is 14.1. The van der Waals surface area contributed by atoms with E-state index >= 15 is 0 Å². The molecule has 156 valence electrons. The fourth-order valence-electron chi connectivity index (χ4n) is 5.24. The normalized spacial score (nSPS) is 27.3. The second-order valence-corrected chi connectivity index (χ2v) is 8.73. The molecule has 0 aromatic heterocycles. The van der Waals surface area contributed by atoms with Crippen LogP contribution in [0.3, 0.4) is 0 Å². The van der Waals surface area contributed by atoms with Crippen molar-refractivity contribution in [3.8, 4) is 11.5 Å². The smallest absolute Gasteiger partial charge is 0.127 e. The Morgan fingerprint density at radius 3 is 2.69 bits per heavy atom. The first-order chi connectivity index (χ1) is 14.1. The molecule has 1 saturated heterocycles. The fraction of sp³-hybridized carbons (Fsp3) is 0.500. The third-order valence-corrected chi connectivity index (χ3v) is 7.13. The second-order valence-electron chi connectivity index (χ2n) is 8.32. The minimum Gasteiger partial charge on any atom is -0.497 e. The molecular weight excluding hydrogens is 386 g/mol. The van der Waals surface area contributed by atoms with Crippen LogP contribution in [0.2, 0.25) is 5.02 Å². The number of likely N-dealkylation sites (tertiary alicyclic amines) is 1. The molecule has 2 aromatic rings. The van der Waals surface area contributed by atoms with E-state index in [1.54, 1.807) is 14.2 Å². The van der Waals surface area contributed by atoms with E-state index in [0.717, 1.165) is 72.8 Å². The van der Waals surface area contributed by atoms with Gasteiger partial charge in [0, 0.05) is 41.7 Å². The van der Waals surface area contributed by atoms with Gasteiger partial charge in [0.1, 0.15) is 11.5 Å². The number of fused-ring (bicyclic) bond motifs is 1. The standard InChI is InChI=1S/C24H30ClNO3/c1-28-18-10-11-19(22(15-18)29-2)23-20-8-5-6-12-24(20,27)13-14-26(23)16-17-7-3-4-9-21(17)25/h3-4,7,9-11,15,20,23,27H,5-6,8,12-14,16H2,1-2H3/t20-,23+,24+/m1/s1. The first-order valence-electron chi connectivity index (χ1n) is 10.5. The van der Waals surface area contributed by atoms with Crippen molar-refractivity contribution in [2.75, 3.05) is 20.8 Å². The molecule has 1 N–H and O–H groups in total. The molecular formula is C24H30ClNO3. The Morgan fingerprint density at radius 1 is 1.10 bits per heavy atom. The van der Waals surface area contributed by atoms with Crippen molar-refractivity contribution in [3.05, 3.63) is 58.6 Å². The van der Waals surface area contributed by atoms with Gasteiger partial charge in [-0.05, 0) is 37.0 Å². The highest BCUT2D eigenvalue weighted by molar-refractivity contribution is 6.31. The molecule has 0 bridgehead atoms. The van der Waals surface area contributed by atoms with Crippen molar-refractivity contribution in [2.24, 2.45) is 5.92 Å². The number of aliphatic hydroxyl groups is 1. The number of hydrogen-bond acceptors (Lipinski definition) is 4. The lowest BCUT2D eigenvalue weighted by Crippen LogP contribution is -2.54. The molecule has 4 nitrogen and oxygen atoms in total. The highest BCUT2D eigenvalue weighted by atomic mass is 35.5. The summed E-state index contributed by atoms with van der Waals surface area (Å²) in [5.74, 6) is 1.76. The second kappa shape index (κ2) is 8.55. The van der Waals surface area contributed by atoms with E-state index in [2.05, 4.69) is 17.0 Å². The zero-order valence-corrected chi connectivity index (χ0v) is 18.0. The van der Waals surface area contributed by atoms with Gasteiger partial charge >= 0.3 is 0 Å². The molecule has 1 aliphatic heterocycles. The Kier molecular flexibility index (Phi) is 6.05. The van der Waals surface area contributed by atoms with Crippen LogP contribution in [-0.2, 0) is 6.54 Å². The topological polar surface area (TPSA) is 41.9 Å². The molecule has 3 atom stereocenters. The maximum Gasteiger partial charge on any atom is 0.127 e. The molecule has 2 aliphatic rings. The third-order valence-electron chi connectivity index (χ3n) is 6.76. The summed E-state index contributed by atoms with van der Waals surface area (Å²) in [6.45, 7) is 1.59. The summed E-state index contributed by atoms with van der Waals surface area (Å²) in [7, 11) is 3.37. The molecule has 29 heavy (non-hydrogen) atoms. The number of benzene rings is 2. The molecule has 0 spiro atoms. The van der Waals surface area contributed by atoms with Gasteiger partial charge in [0.15, 0.2) is 0 Å². The van der Waals surface area contributed by atoms with E-state index < -0.39 is 5.60 Å². The van der Waals surface area contributed by atoms with Gasteiger partial charge in [-0.25, -0.2) is 0 Å². The van der Waals surface area contributed by atoms with E-state index in [-0.39, 0.29) is 12.0 Å². The lowest BCUT2D eigenvalue weighted by atomic mass is 9.66. The monoisotopic (exact) mass is 415 g/mol. The average molecular weight is 416 g/mol. The maximum atomic E-state index is 11.5. The van der Waals surface area contributed by atoms with Gasteiger partial charge in [0.25, 0.3) is 0 Å². The zero-order chi connectivity index (χ0) is 20.4. The van der Waals surface area contributed by atoms with Crippen molar-refractivity contribution in [1.29, 1.82) is 0 Å². The van der Waals surface area contributed by atoms with Gasteiger partial charge in [0.05, 0.1) is 19.8 Å². The van der Waals surface area contributed by atoms with Crippen LogP contribution in [0.25, 0.3) is 0 Å². The van der Waals surface area contributed by atoms with Crippen LogP contribution in [0.5, 0.6) is 11.5 Å². The van der Waals surface area contributed by atoms with E-state index in [4.69, 9.17) is 21.1 Å². The molecule has 1 aliphatic carbocycles. The Morgan fingerprint density at radius 2 is 1.93 bits per heavy atom. The lowest BCUT2D eigenvalue weighted by Gasteiger charge is -2.53. The van der Waals surface area contributed by atoms with Crippen molar-refractivity contribution < 1.29 is 14.6 Å². The summed E-state index contributed by atoms with van der Waals surface area (Å²) < 4.78 is 11.2. The number of piperidine rings is 1. The van der Waals surface area contributed by atoms with Crippen LogP contribution in [-0.4, -0.2) is 36.4 Å². The predicted molar refractivity (Wildman–Crippen MR) is 116 cm³/mol. The van der Waals surface area contributed by atoms with E-state index in [1.807, 2.05) is 30.3 Å². The molecule has 5 heteroatoms. The first kappa shape index (κ1) is 20.5. The van der Waals surface area contributed by atoms with Crippen LogP contribution in [0.15, 0.2) is 42.5 Å². The quantitative estimate of drug-likeness (QED) is 0.726. The van der Waals surface area contributed by atoms with Crippen molar-refractivity contribution in [3.63, 3.8) is 0 Å². The number of halogens is 1. The van der Waals surface area contributed by atoms with Crippen molar-refractivity contribution in [2.45, 2.75) is 50.3 Å². The van der Waals surface area contributed by atoms with Crippen LogP contribution in [0, 0.1) is 5.92 Å². The van der Waals surface area contributed by atoms with Crippen molar-refractivity contribution in [1.82, 2.24) is 4.90 Å². The molecule has 1 heterocycles. The Balaban J connectivity index is 1.76. The number of hydrogen-bond donors (Lipinski definition) is 1. The van der Waals surface area contributed by atoms with Crippen LogP contribution in [0.1, 0.15) is 49.3 Å². The number of methoxy groups -OCH3 is 2. The predicted octanol–water partition coefficient (Wildman–Crippen LogP) is 5.23. The number of ether oxygens (including phenoxy) is 2. The maximum absolute atomic E-state index is 11.5. The highest BCUT2D eigenvalue weighted by Crippen LogP contribution is 2.51. The van der Waals surface area contributed by atoms with Gasteiger partial charge in [-0.15, -0.1) is 0 Å². The number of nitrogens with zero attached hydrogens (tertiary/aromatic N) is 1. The van der Waals surface area contributed by atoms with Crippen LogP contribution < -0.4 is 9.47 Å². The molecule has 2 aromatic carbocycles. The van der Waals surface area contributed by atoms with Crippen molar-refractivity contribution >= 4 is 11.6 Å². The van der Waals surface area contributed by atoms with E-state index in [0.29, 0.717) is 0 Å². The highest BCUT2D eigenvalue weighted by Gasteiger charge is 2.49. The number of rotatable bonds is 5. The van der Waals surface area contributed by atoms with Crippen LogP contribution in [0.4, 0.5) is 0 Å². The Hall–Kier alpha value is -1.75. The molecule has 0 amide bonds. The van der Waals surface area contributed by atoms with Crippen LogP contribution >= 0.6 is 11.6 Å². The largest absolute Gasteiger partial charge is 0.497 e. The molecule has 4 rings (SSSR count). The van der Waals surface area contributed by atoms with Gasteiger partial charge in [-0.2, -0.15) is 0 Å². The SMILES string of the molecule is COc1ccc([C@H]2[C@H]3CCCC[C@]3(O)CCN2Cc2ccccc2Cl)c(OC)c1. The lowest BCUT2D eigenvalue weighted by molar-refractivity contribution is -0.126. The molecule has 0 radical (unpaired) electrons. The molecule has 2 fully saturated rings. The fourth-order valence-corrected chi connectivity index (χ4v) is 5.44. The summed E-state index contributed by atoms with van der Waals surface area (Å²) in [6.07, 6.45) is 4.96. The zero-order valence-electron chi connectivity index (χ0n) is 17.2. The Bertz CT molecular complexity index is 858. The summed E-state index contributed by atoms with van der Waals surface area (Å²) in [5.41, 5.74) is 1.63. The Labute approximate surface area is 178 Å². The third kappa shape index (κ3) is 3.98. The van der Waals surface area contributed by atoms with Gasteiger partial charge in [-0.1, -0.05) is 48.7 Å². The van der Waals surface area contributed by atoms with E-state index in [1.165, 1.54) is 0 Å². The average Bonchev–Trinajstić information content (AvgIpc) is 2.75. The minimum absolute atomic E-state index is 0.0752. The van der Waals surface area contributed by atoms with E-state index in [9.17, 15) is 5.11 Å². The van der Waals surface area contributed by atoms with Gasteiger partial charge in [-0.3, -0.25) is 4.90 Å². The summed E-state index contributed by atoms with van der Waals surface area (Å²) in [5, 5.41) is 12.3. The van der Waals surface area contributed by atoms with Gasteiger partial charge < -0.3 is 14.6 Å². The minimum atomic E-state index is -0.606. The molecule has 1 saturated carbocycles.